The summed E-state index contributed by atoms with van der Waals surface area (Å²) in [6.07, 6.45) is 13.1. The lowest BCUT2D eigenvalue weighted by Gasteiger charge is -2.42. The minimum absolute atomic E-state index is 0.00870. The van der Waals surface area contributed by atoms with E-state index in [1.807, 2.05) is 0 Å². The Morgan fingerprint density at radius 1 is 0.456 bits per heavy atom. The third-order valence-corrected chi connectivity index (χ3v) is 11.1. The fraction of sp³-hybridized carbons (Fsp3) is 0.222. The summed E-state index contributed by atoms with van der Waals surface area (Å²) in [6, 6.07) is 52.4. The first-order chi connectivity index (χ1) is 27.2. The molecule has 0 saturated heterocycles. The summed E-state index contributed by atoms with van der Waals surface area (Å²) >= 11 is 0. The van der Waals surface area contributed by atoms with E-state index in [-0.39, 0.29) is 17.9 Å². The molecule has 0 aromatic heterocycles. The molecule has 0 unspecified atom stereocenters. The van der Waals surface area contributed by atoms with E-state index in [4.69, 9.17) is 4.65 Å². The summed E-state index contributed by atoms with van der Waals surface area (Å²) in [5.41, 5.74) is 13.8. The molecule has 0 saturated carbocycles. The van der Waals surface area contributed by atoms with Crippen LogP contribution in [0.25, 0.3) is 36.5 Å². The first-order valence-corrected chi connectivity index (χ1v) is 20.3. The average Bonchev–Trinajstić information content (AvgIpc) is 3.20. The lowest BCUT2D eigenvalue weighted by molar-refractivity contribution is -0.00173. The van der Waals surface area contributed by atoms with Crippen molar-refractivity contribution in [3.8, 4) is 0 Å². The molecule has 0 amide bonds. The molecule has 0 aliphatic rings. The van der Waals surface area contributed by atoms with Gasteiger partial charge in [0.1, 0.15) is 0 Å². The average molecular weight is 748 g/mol. The maximum Gasteiger partial charge on any atom is 0.329 e. The molecule has 6 rings (SSSR count). The second kappa shape index (κ2) is 18.1. The number of aryl methyl sites for hydroxylation is 2. The van der Waals surface area contributed by atoms with Crippen molar-refractivity contribution in [1.29, 1.82) is 0 Å². The van der Waals surface area contributed by atoms with E-state index >= 15 is 0 Å². The van der Waals surface area contributed by atoms with Gasteiger partial charge in [-0.2, -0.15) is 0 Å². The summed E-state index contributed by atoms with van der Waals surface area (Å²) in [7, 11) is 0. The van der Waals surface area contributed by atoms with Crippen LogP contribution in [0.5, 0.6) is 0 Å². The summed E-state index contributed by atoms with van der Waals surface area (Å²) < 4.78 is 6.82. The van der Waals surface area contributed by atoms with E-state index in [2.05, 4.69) is 249 Å². The second-order valence-electron chi connectivity index (χ2n) is 17.1. The van der Waals surface area contributed by atoms with Gasteiger partial charge >= 0.3 is 6.92 Å². The predicted octanol–water partition coefficient (Wildman–Crippen LogP) is 14.7. The van der Waals surface area contributed by atoms with Crippen LogP contribution in [-0.4, -0.2) is 12.5 Å². The molecule has 0 bridgehead atoms. The van der Waals surface area contributed by atoms with Crippen molar-refractivity contribution in [2.24, 2.45) is 5.41 Å². The van der Waals surface area contributed by atoms with Crippen LogP contribution in [-0.2, 0) is 4.65 Å². The molecule has 57 heavy (non-hydrogen) atoms. The Kier molecular flexibility index (Phi) is 13.0. The number of hydrogen-bond acceptors (Lipinski definition) is 2. The summed E-state index contributed by atoms with van der Waals surface area (Å²) in [5.74, 6) is 0.346. The molecule has 0 radical (unpaired) electrons. The van der Waals surface area contributed by atoms with Crippen molar-refractivity contribution in [3.05, 3.63) is 190 Å². The molecule has 0 aliphatic carbocycles. The molecule has 6 aromatic carbocycles. The monoisotopic (exact) mass is 747 g/mol. The quantitative estimate of drug-likeness (QED) is 0.0862. The highest BCUT2D eigenvalue weighted by Crippen LogP contribution is 2.36. The van der Waals surface area contributed by atoms with Gasteiger partial charge in [-0.1, -0.05) is 191 Å². The summed E-state index contributed by atoms with van der Waals surface area (Å²) in [4.78, 5) is 2.32. The van der Waals surface area contributed by atoms with Gasteiger partial charge in [-0.15, -0.1) is 0 Å². The van der Waals surface area contributed by atoms with E-state index < -0.39 is 0 Å². The lowest BCUT2D eigenvalue weighted by atomic mass is 9.51. The van der Waals surface area contributed by atoms with Gasteiger partial charge in [0.15, 0.2) is 0 Å². The van der Waals surface area contributed by atoms with Gasteiger partial charge in [-0.3, -0.25) is 0 Å². The van der Waals surface area contributed by atoms with Crippen molar-refractivity contribution >= 4 is 65.9 Å². The highest BCUT2D eigenvalue weighted by molar-refractivity contribution is 6.68. The Morgan fingerprint density at radius 3 is 1.12 bits per heavy atom. The van der Waals surface area contributed by atoms with Crippen LogP contribution in [0.3, 0.4) is 0 Å². The van der Waals surface area contributed by atoms with Gasteiger partial charge in [-0.25, -0.2) is 0 Å². The van der Waals surface area contributed by atoms with Crippen LogP contribution in [0, 0.1) is 19.3 Å². The number of nitrogens with zero attached hydrogens (tertiary/aromatic N) is 1. The van der Waals surface area contributed by atoms with Crippen LogP contribution in [0.2, 0.25) is 5.82 Å². The standard InChI is InChI=1S/C54H58BNO/c1-40(2)55(57-54(8,9)53(5,6)7)49-12-10-11-48(39-49)26-25-47-31-37-52(38-32-47)56(50-33-27-45(28-34-50)23-21-43-17-13-41(3)14-18-43)51-35-29-46(30-36-51)24-22-44-19-15-42(4)16-20-44/h10-40H,1-9H3/b23-21+,24-22+,26-25+. The molecule has 0 heterocycles. The zero-order valence-electron chi connectivity index (χ0n) is 35.3. The zero-order valence-corrected chi connectivity index (χ0v) is 35.3. The molecule has 0 spiro atoms. The number of rotatable bonds is 13. The smallest absolute Gasteiger partial charge is 0.329 e. The van der Waals surface area contributed by atoms with Crippen LogP contribution >= 0.6 is 0 Å². The molecule has 3 heteroatoms. The number of hydrogen-bond donors (Lipinski definition) is 0. The van der Waals surface area contributed by atoms with E-state index in [0.717, 1.165) is 39.3 Å². The zero-order chi connectivity index (χ0) is 40.6. The van der Waals surface area contributed by atoms with E-state index in [9.17, 15) is 0 Å². The normalized spacial score (nSPS) is 12.3. The predicted molar refractivity (Wildman–Crippen MR) is 252 cm³/mol. The molecule has 0 aliphatic heterocycles. The van der Waals surface area contributed by atoms with Gasteiger partial charge in [-0.05, 0) is 114 Å². The van der Waals surface area contributed by atoms with Crippen molar-refractivity contribution in [2.45, 2.75) is 73.7 Å². The molecule has 6 aromatic rings. The van der Waals surface area contributed by atoms with Gasteiger partial charge in [0.05, 0.1) is 5.60 Å². The number of anilines is 3. The van der Waals surface area contributed by atoms with Crippen LogP contribution < -0.4 is 10.4 Å². The van der Waals surface area contributed by atoms with Gasteiger partial charge in [0.25, 0.3) is 0 Å². The Bertz CT molecular complexity index is 2190. The molecule has 2 nitrogen and oxygen atoms in total. The van der Waals surface area contributed by atoms with Crippen molar-refractivity contribution in [2.75, 3.05) is 4.90 Å². The van der Waals surface area contributed by atoms with Crippen LogP contribution in [0.1, 0.15) is 93.0 Å². The van der Waals surface area contributed by atoms with Crippen LogP contribution in [0.15, 0.2) is 146 Å². The van der Waals surface area contributed by atoms with Gasteiger partial charge in [0, 0.05) is 17.1 Å². The molecule has 288 valence electrons. The first kappa shape index (κ1) is 41.0. The van der Waals surface area contributed by atoms with E-state index in [1.165, 1.54) is 27.7 Å². The third kappa shape index (κ3) is 11.0. The number of benzene rings is 6. The third-order valence-electron chi connectivity index (χ3n) is 11.1. The maximum absolute atomic E-state index is 6.82. The second-order valence-corrected chi connectivity index (χ2v) is 17.1. The first-order valence-electron chi connectivity index (χ1n) is 20.3. The molecule has 0 atom stereocenters. The summed E-state index contributed by atoms with van der Waals surface area (Å²) in [6.45, 7) is 19.9. The highest BCUT2D eigenvalue weighted by Gasteiger charge is 2.38. The minimum atomic E-state index is -0.273. The lowest BCUT2D eigenvalue weighted by Crippen LogP contribution is -2.49. The Hall–Kier alpha value is -5.64. The highest BCUT2D eigenvalue weighted by atomic mass is 16.5. The van der Waals surface area contributed by atoms with Crippen molar-refractivity contribution < 1.29 is 4.65 Å². The Balaban J connectivity index is 1.25. The SMILES string of the molecule is Cc1ccc(/C=C/c2ccc(N(c3ccc(/C=C/c4ccc(C)cc4)cc3)c3ccc(/C=C/c4cccc(B(OC(C)(C)C(C)(C)C)C(C)C)c4)cc3)cc2)cc1. The van der Waals surface area contributed by atoms with Gasteiger partial charge in [0.2, 0.25) is 0 Å². The largest absolute Gasteiger partial charge is 0.425 e. The molecular weight excluding hydrogens is 689 g/mol. The van der Waals surface area contributed by atoms with Crippen molar-refractivity contribution in [3.63, 3.8) is 0 Å². The van der Waals surface area contributed by atoms with E-state index in [1.54, 1.807) is 0 Å². The molecule has 0 N–H and O–H groups in total. The van der Waals surface area contributed by atoms with Gasteiger partial charge < -0.3 is 9.55 Å². The fourth-order valence-corrected chi connectivity index (χ4v) is 6.51. The maximum atomic E-state index is 6.82. The summed E-state index contributed by atoms with van der Waals surface area (Å²) in [5, 5.41) is 0. The molecular formula is C54H58BNO. The fourth-order valence-electron chi connectivity index (χ4n) is 6.51. The molecule has 0 fully saturated rings. The van der Waals surface area contributed by atoms with E-state index in [0.29, 0.717) is 5.82 Å². The van der Waals surface area contributed by atoms with Crippen molar-refractivity contribution in [1.82, 2.24) is 0 Å². The Labute approximate surface area is 343 Å². The van der Waals surface area contributed by atoms with Crippen LogP contribution in [0.4, 0.5) is 17.1 Å². The topological polar surface area (TPSA) is 12.5 Å². The Morgan fingerprint density at radius 2 is 0.789 bits per heavy atom. The minimum Gasteiger partial charge on any atom is -0.425 e.